The first-order valence-electron chi connectivity index (χ1n) is 4.68. The van der Waals surface area contributed by atoms with Crippen LogP contribution in [0.2, 0.25) is 0 Å². The Balaban J connectivity index is 3.86. The van der Waals surface area contributed by atoms with Crippen LogP contribution in [0, 0.1) is 10.1 Å². The molecule has 0 bridgehead atoms. The first-order valence-corrected chi connectivity index (χ1v) is 6.22. The molecule has 0 atom stereocenters. The normalized spacial score (nSPS) is 13.0. The fraction of sp³-hybridized carbons (Fsp3) is 0.286. The van der Waals surface area contributed by atoms with Crippen LogP contribution in [-0.4, -0.2) is 24.7 Å². The van der Waals surface area contributed by atoms with E-state index in [4.69, 9.17) is 0 Å². The minimum absolute atomic E-state index is 0.372. The maximum absolute atomic E-state index is 12.7. The van der Waals surface area contributed by atoms with Gasteiger partial charge in [-0.2, -0.15) is 13.2 Å². The van der Waals surface area contributed by atoms with Crippen LogP contribution in [0.15, 0.2) is 11.0 Å². The molecule has 15 heteroatoms. The predicted molar refractivity (Wildman–Crippen MR) is 53.9 cm³/mol. The molecule has 1 aromatic heterocycles. The summed E-state index contributed by atoms with van der Waals surface area (Å²) in [5.41, 5.74) is -2.31. The molecule has 0 amide bonds. The molecule has 0 aliphatic rings. The molecule has 0 aromatic carbocycles. The minimum atomic E-state index is -5.66. The molecule has 0 fully saturated rings. The lowest BCUT2D eigenvalue weighted by molar-refractivity contribution is -0.390. The number of halogens is 6. The topological polar surface area (TPSA) is 125 Å². The zero-order chi connectivity index (χ0) is 17.5. The molecule has 1 rings (SSSR count). The molecule has 0 saturated carbocycles. The molecule has 0 spiro atoms. The summed E-state index contributed by atoms with van der Waals surface area (Å²) in [5, 5.41) is 14.8. The van der Waals surface area contributed by atoms with Crippen molar-refractivity contribution in [2.45, 2.75) is 17.4 Å². The van der Waals surface area contributed by atoms with E-state index in [1.807, 2.05) is 0 Å². The number of nitrogens with two attached hydrogens (primary N) is 1. The number of sulfonamides is 1. The first-order chi connectivity index (χ1) is 9.63. The zero-order valence-electron chi connectivity index (χ0n) is 9.77. The summed E-state index contributed by atoms with van der Waals surface area (Å²) in [6, 6.07) is -0.372. The van der Waals surface area contributed by atoms with Gasteiger partial charge in [0.2, 0.25) is 10.0 Å². The van der Waals surface area contributed by atoms with Crippen LogP contribution >= 0.6 is 0 Å². The van der Waals surface area contributed by atoms with Gasteiger partial charge in [0.25, 0.3) is 0 Å². The highest BCUT2D eigenvalue weighted by Gasteiger charge is 2.46. The number of nitro groups is 1. The molecule has 0 radical (unpaired) electrons. The molecule has 0 aliphatic heterocycles. The van der Waals surface area contributed by atoms with E-state index in [9.17, 15) is 44.9 Å². The summed E-state index contributed by atoms with van der Waals surface area (Å²) < 4.78 is 99.8. The van der Waals surface area contributed by atoms with Gasteiger partial charge in [-0.15, -0.1) is 13.2 Å². The highest BCUT2D eigenvalue weighted by molar-refractivity contribution is 7.89. The SMILES string of the molecule is NS(=O)(=O)c1c(C(F)(F)F)cc([N+](=O)[O-])nc1OC(F)(F)F. The number of hydrogen-bond acceptors (Lipinski definition) is 6. The minimum Gasteiger partial charge on any atom is -0.365 e. The van der Waals surface area contributed by atoms with E-state index in [2.05, 4.69) is 14.9 Å². The van der Waals surface area contributed by atoms with Crippen molar-refractivity contribution in [3.05, 3.63) is 21.7 Å². The maximum Gasteiger partial charge on any atom is 0.575 e. The van der Waals surface area contributed by atoms with Gasteiger partial charge in [-0.05, 0) is 4.92 Å². The Hall–Kier alpha value is -2.16. The Morgan fingerprint density at radius 3 is 2.05 bits per heavy atom. The molecular weight excluding hydrogens is 352 g/mol. The lowest BCUT2D eigenvalue weighted by atomic mass is 10.2. The number of primary sulfonamides is 1. The Labute approximate surface area is 116 Å². The van der Waals surface area contributed by atoms with E-state index >= 15 is 0 Å². The number of ether oxygens (including phenoxy) is 1. The summed E-state index contributed by atoms with van der Waals surface area (Å²) in [7, 11) is -5.39. The maximum atomic E-state index is 12.7. The zero-order valence-corrected chi connectivity index (χ0v) is 10.6. The Morgan fingerprint density at radius 2 is 1.73 bits per heavy atom. The van der Waals surface area contributed by atoms with Gasteiger partial charge in [-0.3, -0.25) is 0 Å². The largest absolute Gasteiger partial charge is 0.575 e. The van der Waals surface area contributed by atoms with Crippen molar-refractivity contribution in [2.24, 2.45) is 5.14 Å². The van der Waals surface area contributed by atoms with Crippen molar-refractivity contribution in [3.8, 4) is 5.88 Å². The van der Waals surface area contributed by atoms with Crippen LogP contribution < -0.4 is 9.88 Å². The Bertz CT molecular complexity index is 713. The Morgan fingerprint density at radius 1 is 1.23 bits per heavy atom. The van der Waals surface area contributed by atoms with Crippen molar-refractivity contribution in [3.63, 3.8) is 0 Å². The molecule has 22 heavy (non-hydrogen) atoms. The van der Waals surface area contributed by atoms with E-state index in [0.29, 0.717) is 0 Å². The van der Waals surface area contributed by atoms with Crippen molar-refractivity contribution >= 4 is 15.8 Å². The van der Waals surface area contributed by atoms with Crippen LogP contribution in [-0.2, 0) is 16.2 Å². The lowest BCUT2D eigenvalue weighted by Crippen LogP contribution is -2.25. The number of nitrogens with zero attached hydrogens (tertiary/aromatic N) is 2. The van der Waals surface area contributed by atoms with Gasteiger partial charge < -0.3 is 14.9 Å². The summed E-state index contributed by atoms with van der Waals surface area (Å²) in [5.74, 6) is -3.91. The quantitative estimate of drug-likeness (QED) is 0.498. The van der Waals surface area contributed by atoms with E-state index in [0.717, 1.165) is 0 Å². The van der Waals surface area contributed by atoms with E-state index < -0.39 is 49.6 Å². The average Bonchev–Trinajstić information content (AvgIpc) is 2.22. The highest BCUT2D eigenvalue weighted by Crippen LogP contribution is 2.40. The van der Waals surface area contributed by atoms with E-state index in [1.165, 1.54) is 0 Å². The summed E-state index contributed by atoms with van der Waals surface area (Å²) in [6.07, 6.45) is -11.2. The molecule has 1 heterocycles. The molecule has 1 aromatic rings. The molecule has 2 N–H and O–H groups in total. The van der Waals surface area contributed by atoms with Gasteiger partial charge in [0.05, 0.1) is 5.56 Å². The molecule has 8 nitrogen and oxygen atoms in total. The van der Waals surface area contributed by atoms with Crippen LogP contribution in [0.1, 0.15) is 5.56 Å². The molecular formula is C7H3F6N3O5S. The van der Waals surface area contributed by atoms with Crippen molar-refractivity contribution in [1.29, 1.82) is 0 Å². The number of hydrogen-bond donors (Lipinski definition) is 1. The van der Waals surface area contributed by atoms with Gasteiger partial charge in [0, 0.05) is 11.1 Å². The molecule has 0 aliphatic carbocycles. The fourth-order valence-electron chi connectivity index (χ4n) is 1.25. The second kappa shape index (κ2) is 5.24. The van der Waals surface area contributed by atoms with Crippen molar-refractivity contribution < 1.29 is 44.4 Å². The van der Waals surface area contributed by atoms with Crippen molar-refractivity contribution in [1.82, 2.24) is 4.98 Å². The van der Waals surface area contributed by atoms with E-state index in [-0.39, 0.29) is 6.07 Å². The second-order valence-electron chi connectivity index (χ2n) is 3.51. The second-order valence-corrected chi connectivity index (χ2v) is 5.01. The number of alkyl halides is 6. The average molecular weight is 355 g/mol. The van der Waals surface area contributed by atoms with Gasteiger partial charge >= 0.3 is 24.2 Å². The van der Waals surface area contributed by atoms with E-state index in [1.54, 1.807) is 0 Å². The number of rotatable bonds is 3. The third kappa shape index (κ3) is 4.17. The standard InChI is InChI=1S/C7H3F6N3O5S/c8-6(9,10)2-1-3(16(17)18)15-5(21-7(11,12)13)4(2)22(14,19)20/h1H,(H2,14,19,20). The monoisotopic (exact) mass is 355 g/mol. The smallest absolute Gasteiger partial charge is 0.365 e. The third-order valence-electron chi connectivity index (χ3n) is 1.92. The first kappa shape index (κ1) is 17.9. The number of aromatic nitrogens is 1. The van der Waals surface area contributed by atoms with Gasteiger partial charge in [-0.25, -0.2) is 13.6 Å². The molecule has 0 unspecified atom stereocenters. The van der Waals surface area contributed by atoms with Gasteiger partial charge in [0.1, 0.15) is 0 Å². The fourth-order valence-corrected chi connectivity index (χ4v) is 2.07. The number of pyridine rings is 1. The van der Waals surface area contributed by atoms with Gasteiger partial charge in [-0.1, -0.05) is 0 Å². The summed E-state index contributed by atoms with van der Waals surface area (Å²) in [6.45, 7) is 0. The molecule has 124 valence electrons. The molecule has 0 saturated heterocycles. The predicted octanol–water partition coefficient (Wildman–Crippen LogP) is 1.55. The highest BCUT2D eigenvalue weighted by atomic mass is 32.2. The van der Waals surface area contributed by atoms with Crippen LogP contribution in [0.4, 0.5) is 32.2 Å². The third-order valence-corrected chi connectivity index (χ3v) is 2.88. The summed E-state index contributed by atoms with van der Waals surface area (Å²) >= 11 is 0. The van der Waals surface area contributed by atoms with Crippen LogP contribution in [0.25, 0.3) is 0 Å². The van der Waals surface area contributed by atoms with Crippen molar-refractivity contribution in [2.75, 3.05) is 0 Å². The Kier molecular flexibility index (Phi) is 4.26. The van der Waals surface area contributed by atoms with Crippen LogP contribution in [0.3, 0.4) is 0 Å². The van der Waals surface area contributed by atoms with Gasteiger partial charge in [0.15, 0.2) is 4.90 Å². The summed E-state index contributed by atoms with van der Waals surface area (Å²) in [4.78, 5) is 9.19. The van der Waals surface area contributed by atoms with Crippen LogP contribution in [0.5, 0.6) is 5.88 Å². The lowest BCUT2D eigenvalue weighted by Gasteiger charge is -2.13.